The smallest absolute Gasteiger partial charge is 0.290 e. The van der Waals surface area contributed by atoms with Gasteiger partial charge in [0.1, 0.15) is 5.58 Å². The number of ether oxygens (including phenoxy) is 2. The number of ketones is 1. The van der Waals surface area contributed by atoms with Gasteiger partial charge < -0.3 is 28.8 Å². The third-order valence-electron chi connectivity index (χ3n) is 5.71. The number of Topliss-reactive ketones (excluding diaryl/α,β-unsaturated/α-hetero) is 1. The minimum atomic E-state index is -0.807. The summed E-state index contributed by atoms with van der Waals surface area (Å²) >= 11 is 0. The maximum Gasteiger partial charge on any atom is 0.290 e. The highest BCUT2D eigenvalue weighted by atomic mass is 16.5. The Morgan fingerprint density at radius 2 is 1.82 bits per heavy atom. The summed E-state index contributed by atoms with van der Waals surface area (Å²) in [5.41, 5.74) is 1.14. The number of amides is 1. The lowest BCUT2D eigenvalue weighted by Gasteiger charge is -2.28. The number of methoxy groups -OCH3 is 2. The quantitative estimate of drug-likeness (QED) is 0.524. The maximum atomic E-state index is 13.6. The van der Waals surface area contributed by atoms with Gasteiger partial charge in [0.2, 0.25) is 5.78 Å². The normalized spacial score (nSPS) is 16.2. The van der Waals surface area contributed by atoms with E-state index in [1.807, 2.05) is 37.2 Å². The van der Waals surface area contributed by atoms with Gasteiger partial charge in [0.15, 0.2) is 23.0 Å². The predicted octanol–water partition coefficient (Wildman–Crippen LogP) is 3.59. The van der Waals surface area contributed by atoms with E-state index in [-0.39, 0.29) is 11.3 Å². The van der Waals surface area contributed by atoms with E-state index in [1.165, 1.54) is 19.1 Å². The highest BCUT2D eigenvalue weighted by Gasteiger charge is 2.44. The third-order valence-corrected chi connectivity index (χ3v) is 5.71. The van der Waals surface area contributed by atoms with Crippen LogP contribution in [0.25, 0.3) is 11.0 Å². The number of para-hydroxylation sites is 1. The molecule has 0 saturated carbocycles. The molecule has 0 fully saturated rings. The zero-order valence-electron chi connectivity index (χ0n) is 19.0. The summed E-state index contributed by atoms with van der Waals surface area (Å²) in [6, 6.07) is 13.2. The number of hydrogen-bond donors (Lipinski definition) is 1. The summed E-state index contributed by atoms with van der Waals surface area (Å²) in [5, 5.41) is 11.6. The molecule has 8 heteroatoms. The van der Waals surface area contributed by atoms with Gasteiger partial charge in [0.25, 0.3) is 5.91 Å². The lowest BCUT2D eigenvalue weighted by Crippen LogP contribution is -2.36. The summed E-state index contributed by atoms with van der Waals surface area (Å²) in [6.45, 7) is 0.862. The van der Waals surface area contributed by atoms with Gasteiger partial charge in [-0.05, 0) is 43.9 Å². The number of aliphatic hydroxyl groups is 1. The van der Waals surface area contributed by atoms with E-state index < -0.39 is 23.5 Å². The van der Waals surface area contributed by atoms with Gasteiger partial charge in [-0.1, -0.05) is 24.3 Å². The van der Waals surface area contributed by atoms with Crippen molar-refractivity contribution in [3.05, 3.63) is 71.2 Å². The van der Waals surface area contributed by atoms with Crippen LogP contribution in [0.15, 0.2) is 64.3 Å². The van der Waals surface area contributed by atoms with Gasteiger partial charge in [-0.3, -0.25) is 9.59 Å². The fraction of sp³-hybridized carbons (Fsp3) is 0.280. The largest absolute Gasteiger partial charge is 0.503 e. The number of carbonyl (C=O) groups excluding carboxylic acids is 2. The molecule has 8 nitrogen and oxygen atoms in total. The first-order valence-electron chi connectivity index (χ1n) is 10.5. The molecule has 0 spiro atoms. The van der Waals surface area contributed by atoms with Crippen molar-refractivity contribution >= 4 is 22.7 Å². The lowest BCUT2D eigenvalue weighted by atomic mass is 9.94. The molecule has 2 heterocycles. The zero-order valence-corrected chi connectivity index (χ0v) is 19.0. The monoisotopic (exact) mass is 450 g/mol. The van der Waals surface area contributed by atoms with E-state index in [1.54, 1.807) is 30.3 Å². The van der Waals surface area contributed by atoms with E-state index >= 15 is 0 Å². The topological polar surface area (TPSA) is 92.5 Å². The molecule has 0 radical (unpaired) electrons. The van der Waals surface area contributed by atoms with Crippen LogP contribution in [-0.2, 0) is 4.79 Å². The minimum Gasteiger partial charge on any atom is -0.503 e. The molecule has 1 aliphatic heterocycles. The molecule has 0 unspecified atom stereocenters. The molecule has 1 aliphatic rings. The predicted molar refractivity (Wildman–Crippen MR) is 123 cm³/mol. The Morgan fingerprint density at radius 3 is 2.48 bits per heavy atom. The van der Waals surface area contributed by atoms with E-state index in [0.29, 0.717) is 35.7 Å². The highest BCUT2D eigenvalue weighted by Crippen LogP contribution is 2.42. The Balaban J connectivity index is 1.81. The van der Waals surface area contributed by atoms with Crippen LogP contribution in [0.5, 0.6) is 11.5 Å². The SMILES string of the molecule is COc1ccc([C@@H]2C(C(=O)c3cc4ccccc4o3)=C(O)C(=O)N2CCN(C)C)cc1OC. The molecular formula is C25H26N2O6. The number of likely N-dealkylation sites (N-methyl/N-ethyl adjacent to an activating group) is 1. The standard InChI is InChI=1S/C25H26N2O6/c1-26(2)11-12-27-22(16-9-10-18(31-3)19(14-16)32-4)21(24(29)25(27)30)23(28)20-13-15-7-5-6-8-17(15)33-20/h5-10,13-14,22,29H,11-12H2,1-4H3/t22-/m1/s1. The van der Waals surface area contributed by atoms with E-state index in [2.05, 4.69) is 0 Å². The number of benzene rings is 2. The second-order valence-electron chi connectivity index (χ2n) is 8.06. The van der Waals surface area contributed by atoms with Gasteiger partial charge >= 0.3 is 0 Å². The Hall–Kier alpha value is -3.78. The molecule has 3 aromatic rings. The number of aliphatic hydroxyl groups excluding tert-OH is 1. The maximum absolute atomic E-state index is 13.6. The van der Waals surface area contributed by atoms with Gasteiger partial charge in [-0.15, -0.1) is 0 Å². The summed E-state index contributed by atoms with van der Waals surface area (Å²) in [5.74, 6) is -0.675. The number of carbonyl (C=O) groups is 2. The zero-order chi connectivity index (χ0) is 23.7. The molecule has 1 atom stereocenters. The molecule has 0 aliphatic carbocycles. The van der Waals surface area contributed by atoms with Crippen LogP contribution in [0.2, 0.25) is 0 Å². The van der Waals surface area contributed by atoms with Crippen molar-refractivity contribution in [2.45, 2.75) is 6.04 Å². The number of fused-ring (bicyclic) bond motifs is 1. The molecule has 33 heavy (non-hydrogen) atoms. The van der Waals surface area contributed by atoms with E-state index in [9.17, 15) is 14.7 Å². The first-order chi connectivity index (χ1) is 15.8. The van der Waals surface area contributed by atoms with Gasteiger partial charge in [-0.25, -0.2) is 0 Å². The van der Waals surface area contributed by atoms with Crippen molar-refractivity contribution in [3.63, 3.8) is 0 Å². The van der Waals surface area contributed by atoms with E-state index in [0.717, 1.165) is 5.39 Å². The first kappa shape index (κ1) is 22.4. The van der Waals surface area contributed by atoms with Crippen molar-refractivity contribution in [1.82, 2.24) is 9.80 Å². The first-order valence-corrected chi connectivity index (χ1v) is 10.5. The Kier molecular flexibility index (Phi) is 6.11. The minimum absolute atomic E-state index is 0.0231. The summed E-state index contributed by atoms with van der Waals surface area (Å²) in [7, 11) is 6.82. The van der Waals surface area contributed by atoms with Crippen molar-refractivity contribution < 1.29 is 28.6 Å². The van der Waals surface area contributed by atoms with Crippen molar-refractivity contribution in [3.8, 4) is 11.5 Å². The molecular weight excluding hydrogens is 424 g/mol. The van der Waals surface area contributed by atoms with Gasteiger partial charge in [-0.2, -0.15) is 0 Å². The Morgan fingerprint density at radius 1 is 1.09 bits per heavy atom. The van der Waals surface area contributed by atoms with Crippen LogP contribution in [0, 0.1) is 0 Å². The van der Waals surface area contributed by atoms with Crippen molar-refractivity contribution in [2.24, 2.45) is 0 Å². The van der Waals surface area contributed by atoms with Gasteiger partial charge in [0.05, 0.1) is 25.8 Å². The number of furan rings is 1. The fourth-order valence-electron chi connectivity index (χ4n) is 4.02. The van der Waals surface area contributed by atoms with Crippen molar-refractivity contribution in [1.29, 1.82) is 0 Å². The Labute approximate surface area is 191 Å². The van der Waals surface area contributed by atoms with Gasteiger partial charge in [0, 0.05) is 18.5 Å². The van der Waals surface area contributed by atoms with Crippen molar-refractivity contribution in [2.75, 3.05) is 41.4 Å². The molecule has 0 saturated heterocycles. The van der Waals surface area contributed by atoms with Crippen LogP contribution in [0.1, 0.15) is 22.2 Å². The van der Waals surface area contributed by atoms with Crippen LogP contribution < -0.4 is 9.47 Å². The summed E-state index contributed by atoms with van der Waals surface area (Å²) in [6.07, 6.45) is 0. The number of nitrogens with zero attached hydrogens (tertiary/aromatic N) is 2. The second kappa shape index (κ2) is 8.99. The third kappa shape index (κ3) is 4.05. The highest BCUT2D eigenvalue weighted by molar-refractivity contribution is 6.16. The summed E-state index contributed by atoms with van der Waals surface area (Å²) < 4.78 is 16.5. The van der Waals surface area contributed by atoms with Crippen LogP contribution >= 0.6 is 0 Å². The fourth-order valence-corrected chi connectivity index (χ4v) is 4.02. The molecule has 0 bridgehead atoms. The molecule has 1 amide bonds. The second-order valence-corrected chi connectivity index (χ2v) is 8.06. The molecule has 1 N–H and O–H groups in total. The van der Waals surface area contributed by atoms with Crippen LogP contribution in [0.4, 0.5) is 0 Å². The van der Waals surface area contributed by atoms with Crippen LogP contribution in [0.3, 0.4) is 0 Å². The molecule has 2 aromatic carbocycles. The lowest BCUT2D eigenvalue weighted by molar-refractivity contribution is -0.129. The molecule has 4 rings (SSSR count). The summed E-state index contributed by atoms with van der Waals surface area (Å²) in [4.78, 5) is 30.0. The molecule has 1 aromatic heterocycles. The average Bonchev–Trinajstić information content (AvgIpc) is 3.36. The number of rotatable bonds is 8. The Bertz CT molecular complexity index is 1210. The molecule has 172 valence electrons. The average molecular weight is 450 g/mol. The van der Waals surface area contributed by atoms with Crippen LogP contribution in [-0.4, -0.2) is 68.0 Å². The number of hydrogen-bond acceptors (Lipinski definition) is 7. The van der Waals surface area contributed by atoms with E-state index in [4.69, 9.17) is 13.9 Å².